The van der Waals surface area contributed by atoms with Crippen LogP contribution in [0.5, 0.6) is 0 Å². The number of alkyl halides is 1. The fourth-order valence-corrected chi connectivity index (χ4v) is 5.80. The smallest absolute Gasteiger partial charge is 0.231 e. The minimum absolute atomic E-state index is 0.103. The maximum absolute atomic E-state index is 13.8. The molecule has 2 fully saturated rings. The number of hydrogen-bond acceptors (Lipinski definition) is 6. The maximum Gasteiger partial charge on any atom is 0.231 e. The van der Waals surface area contributed by atoms with Crippen LogP contribution in [-0.4, -0.2) is 82.8 Å². The first-order valence-corrected chi connectivity index (χ1v) is 13.0. The highest BCUT2D eigenvalue weighted by Crippen LogP contribution is 2.42. The third-order valence-electron chi connectivity index (χ3n) is 7.70. The summed E-state index contributed by atoms with van der Waals surface area (Å²) in [7, 11) is 0. The standard InChI is InChI=1S/C26H33ClFN5O2/c1-17-14-22(34)24-23(17)25(30-16-29-24)32-10-12-33(13-11-32)26(35)21(18-2-4-19(27)5-3-18)15-31-8-6-20(28)7-9-31/h2-5,16-17,20-22,34H,6-15H2,1H3/t17?,21-,22+/m0/s1. The zero-order valence-electron chi connectivity index (χ0n) is 20.1. The van der Waals surface area contributed by atoms with Crippen molar-refractivity contribution in [3.63, 3.8) is 0 Å². The van der Waals surface area contributed by atoms with E-state index < -0.39 is 12.3 Å². The number of piperidine rings is 1. The average molecular weight is 502 g/mol. The van der Waals surface area contributed by atoms with Crippen molar-refractivity contribution in [1.29, 1.82) is 0 Å². The molecule has 2 aromatic rings. The van der Waals surface area contributed by atoms with E-state index in [4.69, 9.17) is 11.6 Å². The van der Waals surface area contributed by atoms with E-state index in [0.717, 1.165) is 22.6 Å². The SMILES string of the molecule is CC1C[C@@H](O)c2ncnc(N3CCN(C(=O)[C@@H](CN4CCC(F)CC4)c4ccc(Cl)cc4)CC3)c21. The molecule has 0 bridgehead atoms. The van der Waals surface area contributed by atoms with Gasteiger partial charge in [0, 0.05) is 56.4 Å². The Bertz CT molecular complexity index is 1040. The Morgan fingerprint density at radius 3 is 2.49 bits per heavy atom. The number of anilines is 1. The molecular formula is C26H33ClFN5O2. The van der Waals surface area contributed by atoms with Crippen molar-refractivity contribution in [3.8, 4) is 0 Å². The van der Waals surface area contributed by atoms with Crippen LogP contribution < -0.4 is 4.90 Å². The van der Waals surface area contributed by atoms with Gasteiger partial charge in [-0.1, -0.05) is 30.7 Å². The summed E-state index contributed by atoms with van der Waals surface area (Å²) in [5, 5.41) is 11.0. The molecule has 7 nitrogen and oxygen atoms in total. The summed E-state index contributed by atoms with van der Waals surface area (Å²) in [6.07, 6.45) is 1.97. The van der Waals surface area contributed by atoms with Gasteiger partial charge in [0.1, 0.15) is 18.3 Å². The number of carbonyl (C=O) groups excluding carboxylic acids is 1. The summed E-state index contributed by atoms with van der Waals surface area (Å²) in [5.41, 5.74) is 2.72. The highest BCUT2D eigenvalue weighted by molar-refractivity contribution is 6.30. The predicted octanol–water partition coefficient (Wildman–Crippen LogP) is 3.54. The number of amides is 1. The minimum atomic E-state index is -0.740. The third-order valence-corrected chi connectivity index (χ3v) is 7.95. The Hall–Kier alpha value is -2.29. The van der Waals surface area contributed by atoms with Crippen LogP contribution in [0.4, 0.5) is 10.2 Å². The molecule has 2 saturated heterocycles. The summed E-state index contributed by atoms with van der Waals surface area (Å²) < 4.78 is 13.7. The number of rotatable bonds is 5. The van der Waals surface area contributed by atoms with Crippen molar-refractivity contribution in [2.24, 2.45) is 0 Å². The monoisotopic (exact) mass is 501 g/mol. The minimum Gasteiger partial charge on any atom is -0.387 e. The lowest BCUT2D eigenvalue weighted by atomic mass is 9.95. The van der Waals surface area contributed by atoms with E-state index in [1.165, 1.54) is 6.33 Å². The summed E-state index contributed by atoms with van der Waals surface area (Å²) >= 11 is 6.11. The molecule has 35 heavy (non-hydrogen) atoms. The average Bonchev–Trinajstić information content (AvgIpc) is 3.17. The van der Waals surface area contributed by atoms with Crippen LogP contribution in [0, 0.1) is 0 Å². The molecule has 3 aliphatic rings. The molecule has 0 radical (unpaired) electrons. The number of aromatic nitrogens is 2. The Morgan fingerprint density at radius 1 is 1.11 bits per heavy atom. The Morgan fingerprint density at radius 2 is 1.80 bits per heavy atom. The van der Waals surface area contributed by atoms with Gasteiger partial charge in [-0.15, -0.1) is 0 Å². The van der Waals surface area contributed by atoms with E-state index >= 15 is 0 Å². The Balaban J connectivity index is 1.29. The second-order valence-corrected chi connectivity index (χ2v) is 10.5. The van der Waals surface area contributed by atoms with Crippen LogP contribution in [0.25, 0.3) is 0 Å². The molecule has 0 spiro atoms. The van der Waals surface area contributed by atoms with Gasteiger partial charge >= 0.3 is 0 Å². The largest absolute Gasteiger partial charge is 0.387 e. The molecule has 1 N–H and O–H groups in total. The number of piperazine rings is 1. The van der Waals surface area contributed by atoms with Gasteiger partial charge in [0.25, 0.3) is 0 Å². The van der Waals surface area contributed by atoms with Crippen LogP contribution in [0.15, 0.2) is 30.6 Å². The number of likely N-dealkylation sites (tertiary alicyclic amines) is 1. The van der Waals surface area contributed by atoms with Gasteiger partial charge in [-0.25, -0.2) is 14.4 Å². The van der Waals surface area contributed by atoms with E-state index in [2.05, 4.69) is 26.7 Å². The van der Waals surface area contributed by atoms with E-state index in [-0.39, 0.29) is 17.7 Å². The number of aliphatic hydroxyl groups excluding tert-OH is 1. The number of fused-ring (bicyclic) bond motifs is 1. The topological polar surface area (TPSA) is 72.8 Å². The number of carbonyl (C=O) groups is 1. The van der Waals surface area contributed by atoms with Gasteiger partial charge in [-0.3, -0.25) is 4.79 Å². The molecule has 0 saturated carbocycles. The molecule has 9 heteroatoms. The van der Waals surface area contributed by atoms with Gasteiger partial charge in [-0.2, -0.15) is 0 Å². The first kappa shape index (κ1) is 24.4. The molecule has 1 unspecified atom stereocenters. The van der Waals surface area contributed by atoms with Gasteiger partial charge in [0.2, 0.25) is 5.91 Å². The molecule has 2 aliphatic heterocycles. The lowest BCUT2D eigenvalue weighted by Crippen LogP contribution is -2.52. The van der Waals surface area contributed by atoms with E-state index in [9.17, 15) is 14.3 Å². The predicted molar refractivity (Wildman–Crippen MR) is 134 cm³/mol. The van der Waals surface area contributed by atoms with Gasteiger partial charge in [0.05, 0.1) is 17.7 Å². The Kier molecular flexibility index (Phi) is 7.23. The Labute approximate surface area is 210 Å². The van der Waals surface area contributed by atoms with Crippen LogP contribution in [0.1, 0.15) is 60.9 Å². The number of aliphatic hydroxyl groups is 1. The lowest BCUT2D eigenvalue weighted by molar-refractivity contribution is -0.133. The van der Waals surface area contributed by atoms with E-state index in [1.807, 2.05) is 29.2 Å². The first-order chi connectivity index (χ1) is 16.9. The molecule has 188 valence electrons. The fourth-order valence-electron chi connectivity index (χ4n) is 5.68. The molecule has 3 heterocycles. The second-order valence-electron chi connectivity index (χ2n) is 10.0. The number of halogens is 2. The van der Waals surface area contributed by atoms with Gasteiger partial charge in [0.15, 0.2) is 0 Å². The van der Waals surface area contributed by atoms with Crippen molar-refractivity contribution in [1.82, 2.24) is 19.8 Å². The van der Waals surface area contributed by atoms with Gasteiger partial charge < -0.3 is 19.8 Å². The number of hydrogen-bond donors (Lipinski definition) is 1. The van der Waals surface area contributed by atoms with Crippen LogP contribution in [0.2, 0.25) is 5.02 Å². The lowest BCUT2D eigenvalue weighted by Gasteiger charge is -2.39. The van der Waals surface area contributed by atoms with E-state index in [1.54, 1.807) is 0 Å². The molecule has 1 amide bonds. The molecule has 1 aromatic heterocycles. The number of benzene rings is 1. The van der Waals surface area contributed by atoms with Crippen molar-refractivity contribution in [2.45, 2.75) is 50.3 Å². The van der Waals surface area contributed by atoms with Crippen LogP contribution in [0.3, 0.4) is 0 Å². The van der Waals surface area contributed by atoms with Gasteiger partial charge in [-0.05, 0) is 42.9 Å². The second kappa shape index (κ2) is 10.4. The third kappa shape index (κ3) is 5.15. The maximum atomic E-state index is 13.8. The molecular weight excluding hydrogens is 469 g/mol. The number of nitrogens with zero attached hydrogens (tertiary/aromatic N) is 5. The van der Waals surface area contributed by atoms with Crippen molar-refractivity contribution in [3.05, 3.63) is 52.4 Å². The van der Waals surface area contributed by atoms with Crippen LogP contribution in [-0.2, 0) is 4.79 Å². The summed E-state index contributed by atoms with van der Waals surface area (Å²) in [5.74, 6) is 0.882. The highest BCUT2D eigenvalue weighted by atomic mass is 35.5. The molecule has 3 atom stereocenters. The van der Waals surface area contributed by atoms with Crippen LogP contribution >= 0.6 is 11.6 Å². The van der Waals surface area contributed by atoms with Crippen molar-refractivity contribution >= 4 is 23.3 Å². The summed E-state index contributed by atoms with van der Waals surface area (Å²) in [6.45, 7) is 6.60. The first-order valence-electron chi connectivity index (χ1n) is 12.6. The molecule has 5 rings (SSSR count). The van der Waals surface area contributed by atoms with Crippen molar-refractivity contribution in [2.75, 3.05) is 50.7 Å². The fraction of sp³-hybridized carbons (Fsp3) is 0.577. The zero-order chi connectivity index (χ0) is 24.5. The highest BCUT2D eigenvalue weighted by Gasteiger charge is 2.35. The van der Waals surface area contributed by atoms with Crippen molar-refractivity contribution < 1.29 is 14.3 Å². The normalized spacial score (nSPS) is 24.5. The molecule has 1 aromatic carbocycles. The molecule has 1 aliphatic carbocycles. The summed E-state index contributed by atoms with van der Waals surface area (Å²) in [4.78, 5) is 29.0. The quantitative estimate of drug-likeness (QED) is 0.675. The zero-order valence-corrected chi connectivity index (χ0v) is 20.9. The van der Waals surface area contributed by atoms with E-state index in [0.29, 0.717) is 70.1 Å². The summed E-state index contributed by atoms with van der Waals surface area (Å²) in [6, 6.07) is 7.52.